The van der Waals surface area contributed by atoms with Crippen LogP contribution in [0.3, 0.4) is 0 Å². The average Bonchev–Trinajstić information content (AvgIpc) is 2.67. The van der Waals surface area contributed by atoms with Gasteiger partial charge < -0.3 is 10.5 Å². The van der Waals surface area contributed by atoms with Crippen LogP contribution in [0.15, 0.2) is 66.7 Å². The van der Waals surface area contributed by atoms with Gasteiger partial charge in [0.1, 0.15) is 5.75 Å². The highest BCUT2D eigenvalue weighted by atomic mass is 16.5. The molecule has 4 nitrogen and oxygen atoms in total. The van der Waals surface area contributed by atoms with Crippen LogP contribution in [0.4, 0.5) is 5.69 Å². The van der Waals surface area contributed by atoms with Gasteiger partial charge >= 0.3 is 0 Å². The SMILES string of the molecule is COc1cc(C#N)cc(-c2ccc(C(=O)c3ccccc3N)cc2)c1. The Hall–Kier alpha value is -3.58. The van der Waals surface area contributed by atoms with Crippen molar-refractivity contribution in [2.24, 2.45) is 0 Å². The number of methoxy groups -OCH3 is 1. The number of nitrogens with zero attached hydrogens (tertiary/aromatic N) is 1. The van der Waals surface area contributed by atoms with Gasteiger partial charge in [-0.15, -0.1) is 0 Å². The van der Waals surface area contributed by atoms with Crippen LogP contribution in [-0.4, -0.2) is 12.9 Å². The van der Waals surface area contributed by atoms with E-state index in [-0.39, 0.29) is 5.78 Å². The van der Waals surface area contributed by atoms with Crippen LogP contribution < -0.4 is 10.5 Å². The molecule has 0 saturated carbocycles. The summed E-state index contributed by atoms with van der Waals surface area (Å²) in [6, 6.07) is 21.7. The molecular weight excluding hydrogens is 312 g/mol. The average molecular weight is 328 g/mol. The molecule has 0 aliphatic carbocycles. The third-order valence-electron chi connectivity index (χ3n) is 3.96. The first-order chi connectivity index (χ1) is 12.1. The lowest BCUT2D eigenvalue weighted by Crippen LogP contribution is -2.04. The van der Waals surface area contributed by atoms with E-state index in [1.54, 1.807) is 55.6 Å². The smallest absolute Gasteiger partial charge is 0.195 e. The summed E-state index contributed by atoms with van der Waals surface area (Å²) in [6.07, 6.45) is 0. The lowest BCUT2D eigenvalue weighted by atomic mass is 9.98. The first-order valence-electron chi connectivity index (χ1n) is 7.71. The second-order valence-electron chi connectivity index (χ2n) is 5.56. The van der Waals surface area contributed by atoms with Crippen LogP contribution in [0.5, 0.6) is 5.75 Å². The summed E-state index contributed by atoms with van der Waals surface area (Å²) >= 11 is 0. The van der Waals surface area contributed by atoms with Crippen LogP contribution in [0, 0.1) is 11.3 Å². The number of hydrogen-bond donors (Lipinski definition) is 1. The molecule has 2 N–H and O–H groups in total. The molecule has 0 saturated heterocycles. The number of rotatable bonds is 4. The quantitative estimate of drug-likeness (QED) is 0.579. The highest BCUT2D eigenvalue weighted by Crippen LogP contribution is 2.27. The second-order valence-corrected chi connectivity index (χ2v) is 5.56. The van der Waals surface area contributed by atoms with E-state index in [0.717, 1.165) is 11.1 Å². The van der Waals surface area contributed by atoms with Crippen LogP contribution in [-0.2, 0) is 0 Å². The van der Waals surface area contributed by atoms with Gasteiger partial charge in [-0.2, -0.15) is 5.26 Å². The van der Waals surface area contributed by atoms with E-state index in [2.05, 4.69) is 6.07 Å². The lowest BCUT2D eigenvalue weighted by Gasteiger charge is -2.08. The van der Waals surface area contributed by atoms with Crippen molar-refractivity contribution in [3.63, 3.8) is 0 Å². The highest BCUT2D eigenvalue weighted by Gasteiger charge is 2.12. The van der Waals surface area contributed by atoms with E-state index in [0.29, 0.717) is 28.1 Å². The summed E-state index contributed by atoms with van der Waals surface area (Å²) in [4.78, 5) is 12.6. The second kappa shape index (κ2) is 6.90. The van der Waals surface area contributed by atoms with Gasteiger partial charge in [-0.3, -0.25) is 4.79 Å². The molecule has 25 heavy (non-hydrogen) atoms. The number of ketones is 1. The predicted octanol–water partition coefficient (Wildman–Crippen LogP) is 4.05. The molecule has 0 heterocycles. The molecule has 0 aromatic heterocycles. The summed E-state index contributed by atoms with van der Waals surface area (Å²) in [7, 11) is 1.56. The van der Waals surface area contributed by atoms with Crippen molar-refractivity contribution in [3.8, 4) is 22.9 Å². The number of para-hydroxylation sites is 1. The predicted molar refractivity (Wildman–Crippen MR) is 97.4 cm³/mol. The molecule has 3 aromatic carbocycles. The number of carbonyl (C=O) groups excluding carboxylic acids is 1. The molecule has 3 rings (SSSR count). The summed E-state index contributed by atoms with van der Waals surface area (Å²) in [5.74, 6) is 0.499. The molecule has 0 atom stereocenters. The Kier molecular flexibility index (Phi) is 4.49. The maximum Gasteiger partial charge on any atom is 0.195 e. The molecule has 0 spiro atoms. The molecule has 122 valence electrons. The number of nitrogens with two attached hydrogens (primary N) is 1. The summed E-state index contributed by atoms with van der Waals surface area (Å²) in [5, 5.41) is 9.14. The lowest BCUT2D eigenvalue weighted by molar-refractivity contribution is 0.103. The van der Waals surface area contributed by atoms with Gasteiger partial charge in [-0.25, -0.2) is 0 Å². The summed E-state index contributed by atoms with van der Waals surface area (Å²) in [6.45, 7) is 0. The van der Waals surface area contributed by atoms with Crippen LogP contribution in [0.2, 0.25) is 0 Å². The van der Waals surface area contributed by atoms with E-state index in [9.17, 15) is 4.79 Å². The fourth-order valence-electron chi connectivity index (χ4n) is 2.62. The highest BCUT2D eigenvalue weighted by molar-refractivity contribution is 6.12. The number of anilines is 1. The molecule has 0 radical (unpaired) electrons. The zero-order valence-electron chi connectivity index (χ0n) is 13.7. The van der Waals surface area contributed by atoms with Crippen molar-refractivity contribution < 1.29 is 9.53 Å². The van der Waals surface area contributed by atoms with E-state index >= 15 is 0 Å². The summed E-state index contributed by atoms with van der Waals surface area (Å²) in [5.41, 5.74) is 9.66. The zero-order chi connectivity index (χ0) is 17.8. The monoisotopic (exact) mass is 328 g/mol. The normalized spacial score (nSPS) is 10.1. The summed E-state index contributed by atoms with van der Waals surface area (Å²) < 4.78 is 5.23. The van der Waals surface area contributed by atoms with Crippen molar-refractivity contribution in [1.82, 2.24) is 0 Å². The molecule has 0 amide bonds. The first kappa shape index (κ1) is 16.3. The van der Waals surface area contributed by atoms with Gasteiger partial charge in [-0.05, 0) is 41.5 Å². The Morgan fingerprint density at radius 2 is 1.72 bits per heavy atom. The van der Waals surface area contributed by atoms with Crippen LogP contribution in [0.25, 0.3) is 11.1 Å². The Bertz CT molecular complexity index is 970. The van der Waals surface area contributed by atoms with Gasteiger partial charge in [0, 0.05) is 16.8 Å². The molecule has 0 unspecified atom stereocenters. The van der Waals surface area contributed by atoms with Gasteiger partial charge in [0.05, 0.1) is 18.7 Å². The fourth-order valence-corrected chi connectivity index (χ4v) is 2.62. The minimum Gasteiger partial charge on any atom is -0.497 e. The maximum atomic E-state index is 12.6. The molecule has 0 bridgehead atoms. The Labute approximate surface area is 146 Å². The number of hydrogen-bond acceptors (Lipinski definition) is 4. The zero-order valence-corrected chi connectivity index (χ0v) is 13.7. The van der Waals surface area contributed by atoms with Crippen molar-refractivity contribution in [2.45, 2.75) is 0 Å². The molecule has 0 fully saturated rings. The van der Waals surface area contributed by atoms with Crippen molar-refractivity contribution in [1.29, 1.82) is 5.26 Å². The Balaban J connectivity index is 1.95. The minimum absolute atomic E-state index is 0.118. The topological polar surface area (TPSA) is 76.1 Å². The van der Waals surface area contributed by atoms with Crippen LogP contribution in [0.1, 0.15) is 21.5 Å². The number of ether oxygens (including phenoxy) is 1. The Morgan fingerprint density at radius 3 is 2.36 bits per heavy atom. The van der Waals surface area contributed by atoms with E-state index < -0.39 is 0 Å². The van der Waals surface area contributed by atoms with Gasteiger partial charge in [0.2, 0.25) is 0 Å². The third kappa shape index (κ3) is 3.36. The number of nitriles is 1. The first-order valence-corrected chi connectivity index (χ1v) is 7.71. The minimum atomic E-state index is -0.118. The molecule has 3 aromatic rings. The number of nitrogen functional groups attached to an aromatic ring is 1. The van der Waals surface area contributed by atoms with Gasteiger partial charge in [0.15, 0.2) is 5.78 Å². The van der Waals surface area contributed by atoms with Gasteiger partial charge in [0.25, 0.3) is 0 Å². The van der Waals surface area contributed by atoms with Crippen molar-refractivity contribution in [3.05, 3.63) is 83.4 Å². The van der Waals surface area contributed by atoms with Gasteiger partial charge in [-0.1, -0.05) is 36.4 Å². The molecule has 0 aliphatic rings. The van der Waals surface area contributed by atoms with Crippen molar-refractivity contribution >= 4 is 11.5 Å². The molecular formula is C21H16N2O2. The number of carbonyl (C=O) groups is 1. The van der Waals surface area contributed by atoms with E-state index in [1.807, 2.05) is 18.2 Å². The fraction of sp³-hybridized carbons (Fsp3) is 0.0476. The van der Waals surface area contributed by atoms with Crippen molar-refractivity contribution in [2.75, 3.05) is 12.8 Å². The third-order valence-corrected chi connectivity index (χ3v) is 3.96. The standard InChI is InChI=1S/C21H16N2O2/c1-25-18-11-14(13-22)10-17(12-18)15-6-8-16(9-7-15)21(24)19-4-2-3-5-20(19)23/h2-12H,23H2,1H3. The maximum absolute atomic E-state index is 12.6. The molecule has 0 aliphatic heterocycles. The van der Waals surface area contributed by atoms with E-state index in [4.69, 9.17) is 15.7 Å². The molecule has 4 heteroatoms. The Morgan fingerprint density at radius 1 is 1.00 bits per heavy atom. The van der Waals surface area contributed by atoms with Crippen LogP contribution >= 0.6 is 0 Å². The van der Waals surface area contributed by atoms with E-state index in [1.165, 1.54) is 0 Å². The largest absolute Gasteiger partial charge is 0.497 e. The number of benzene rings is 3.